The van der Waals surface area contributed by atoms with E-state index in [1.807, 2.05) is 6.07 Å². The van der Waals surface area contributed by atoms with Crippen LogP contribution in [0, 0.1) is 0 Å². The Bertz CT molecular complexity index is 1150. The van der Waals surface area contributed by atoms with E-state index >= 15 is 0 Å². The number of hydrogen-bond donors (Lipinski definition) is 3. The van der Waals surface area contributed by atoms with E-state index < -0.39 is 5.91 Å². The second-order valence-corrected chi connectivity index (χ2v) is 7.59. The number of hydroxylamine groups is 1. The molecule has 0 saturated carbocycles. The number of carbonyl (C=O) groups is 1. The van der Waals surface area contributed by atoms with Crippen molar-refractivity contribution in [3.63, 3.8) is 0 Å². The number of amides is 1. The summed E-state index contributed by atoms with van der Waals surface area (Å²) in [6.45, 7) is 2.46. The van der Waals surface area contributed by atoms with Crippen molar-refractivity contribution in [2.75, 3.05) is 6.54 Å². The fourth-order valence-electron chi connectivity index (χ4n) is 4.35. The molecule has 3 aromatic rings. The Morgan fingerprint density at radius 2 is 1.97 bits per heavy atom. The summed E-state index contributed by atoms with van der Waals surface area (Å²) in [6.07, 6.45) is 3.80. The van der Waals surface area contributed by atoms with E-state index in [0.29, 0.717) is 5.57 Å². The Morgan fingerprint density at radius 3 is 2.73 bits per heavy atom. The van der Waals surface area contributed by atoms with Gasteiger partial charge in [0.15, 0.2) is 6.29 Å². The van der Waals surface area contributed by atoms with E-state index in [2.05, 4.69) is 68.3 Å². The van der Waals surface area contributed by atoms with Crippen molar-refractivity contribution in [2.45, 2.75) is 25.8 Å². The molecule has 30 heavy (non-hydrogen) atoms. The highest BCUT2D eigenvalue weighted by atomic mass is 16.5. The van der Waals surface area contributed by atoms with Gasteiger partial charge >= 0.3 is 0 Å². The number of fused-ring (bicyclic) bond motifs is 3. The van der Waals surface area contributed by atoms with Gasteiger partial charge < -0.3 is 9.88 Å². The fourth-order valence-corrected chi connectivity index (χ4v) is 4.35. The molecule has 1 atom stereocenters. The monoisotopic (exact) mass is 401 g/mol. The summed E-state index contributed by atoms with van der Waals surface area (Å²) >= 11 is 0. The van der Waals surface area contributed by atoms with Crippen LogP contribution in [0.3, 0.4) is 0 Å². The molecule has 7 nitrogen and oxygen atoms in total. The highest BCUT2D eigenvalue weighted by Gasteiger charge is 2.28. The lowest BCUT2D eigenvalue weighted by atomic mass is 10.0. The molecule has 152 valence electrons. The molecule has 5 rings (SSSR count). The Labute approximate surface area is 174 Å². The standard InChI is InChI=1S/C23H23N5O2/c29-22(26-30)17-12-24-23(25-13-17)27-11-10-19-18-8-4-5-9-20(18)28(21(19)15-27)14-16-6-2-1-3-7-16/h1-9,12-13,23-24,30H,10-11,14-15H2,(H,26,29). The maximum absolute atomic E-state index is 11.6. The van der Waals surface area contributed by atoms with Crippen molar-refractivity contribution in [3.8, 4) is 0 Å². The van der Waals surface area contributed by atoms with Crippen LogP contribution in [0.4, 0.5) is 0 Å². The van der Waals surface area contributed by atoms with Gasteiger partial charge in [0.25, 0.3) is 5.91 Å². The molecule has 7 heteroatoms. The Balaban J connectivity index is 1.45. The third-order valence-corrected chi connectivity index (χ3v) is 5.83. The average Bonchev–Trinajstić information content (AvgIpc) is 3.12. The summed E-state index contributed by atoms with van der Waals surface area (Å²) in [5.74, 6) is -0.575. The average molecular weight is 401 g/mol. The summed E-state index contributed by atoms with van der Waals surface area (Å²) in [7, 11) is 0. The molecule has 2 aliphatic rings. The number of carbonyl (C=O) groups excluding carboxylic acids is 1. The first-order valence-corrected chi connectivity index (χ1v) is 10.1. The number of para-hydroxylation sites is 1. The Hall–Kier alpha value is -3.42. The first-order chi connectivity index (χ1) is 14.7. The van der Waals surface area contributed by atoms with Crippen LogP contribution in [0.1, 0.15) is 16.8 Å². The quantitative estimate of drug-likeness (QED) is 0.463. The molecule has 1 aromatic heterocycles. The van der Waals surface area contributed by atoms with Gasteiger partial charge in [-0.15, -0.1) is 0 Å². The minimum Gasteiger partial charge on any atom is -0.357 e. The second-order valence-electron chi connectivity index (χ2n) is 7.59. The molecule has 0 saturated heterocycles. The Morgan fingerprint density at radius 1 is 1.17 bits per heavy atom. The highest BCUT2D eigenvalue weighted by molar-refractivity contribution is 6.11. The lowest BCUT2D eigenvalue weighted by Gasteiger charge is -2.34. The third kappa shape index (κ3) is 3.28. The molecule has 3 N–H and O–H groups in total. The minimum absolute atomic E-state index is 0.239. The van der Waals surface area contributed by atoms with Gasteiger partial charge in [0, 0.05) is 48.6 Å². The van der Waals surface area contributed by atoms with E-state index in [0.717, 1.165) is 26.1 Å². The molecule has 2 aromatic carbocycles. The van der Waals surface area contributed by atoms with Gasteiger partial charge in [-0.1, -0.05) is 48.5 Å². The molecule has 0 bridgehead atoms. The van der Waals surface area contributed by atoms with Crippen molar-refractivity contribution in [3.05, 3.63) is 83.2 Å². The minimum atomic E-state index is -0.575. The molecule has 0 radical (unpaired) electrons. The summed E-state index contributed by atoms with van der Waals surface area (Å²) < 4.78 is 2.42. The molecule has 0 aliphatic carbocycles. The molecular weight excluding hydrogens is 378 g/mol. The maximum Gasteiger partial charge on any atom is 0.277 e. The van der Waals surface area contributed by atoms with Crippen LogP contribution >= 0.6 is 0 Å². The molecule has 1 amide bonds. The summed E-state index contributed by atoms with van der Waals surface area (Å²) in [4.78, 5) is 18.3. The first kappa shape index (κ1) is 18.6. The van der Waals surface area contributed by atoms with Gasteiger partial charge in [-0.05, 0) is 23.6 Å². The van der Waals surface area contributed by atoms with Crippen LogP contribution in [0.5, 0.6) is 0 Å². The number of aromatic nitrogens is 1. The van der Waals surface area contributed by atoms with Crippen LogP contribution in [0.25, 0.3) is 10.9 Å². The SMILES string of the molecule is O=C(NO)C1=CNC(N2CCc3c(n(Cc4ccccc4)c4ccccc34)C2)N=C1. The molecule has 0 spiro atoms. The van der Waals surface area contributed by atoms with Crippen molar-refractivity contribution in [1.82, 2.24) is 20.3 Å². The summed E-state index contributed by atoms with van der Waals surface area (Å²) in [6, 6.07) is 19.1. The lowest BCUT2D eigenvalue weighted by Crippen LogP contribution is -2.47. The van der Waals surface area contributed by atoms with Gasteiger partial charge in [-0.25, -0.2) is 5.48 Å². The Kier molecular flexibility index (Phi) is 4.82. The maximum atomic E-state index is 11.6. The van der Waals surface area contributed by atoms with Crippen molar-refractivity contribution >= 4 is 23.0 Å². The van der Waals surface area contributed by atoms with Gasteiger partial charge in [0.1, 0.15) is 0 Å². The highest BCUT2D eigenvalue weighted by Crippen LogP contribution is 2.32. The van der Waals surface area contributed by atoms with Crippen molar-refractivity contribution < 1.29 is 10.0 Å². The molecule has 0 fully saturated rings. The van der Waals surface area contributed by atoms with E-state index in [1.54, 1.807) is 11.7 Å². The smallest absolute Gasteiger partial charge is 0.277 e. The topological polar surface area (TPSA) is 81.9 Å². The van der Waals surface area contributed by atoms with Crippen molar-refractivity contribution in [2.24, 2.45) is 4.99 Å². The van der Waals surface area contributed by atoms with Crippen molar-refractivity contribution in [1.29, 1.82) is 0 Å². The fraction of sp³-hybridized carbons (Fsp3) is 0.217. The van der Waals surface area contributed by atoms with E-state index in [1.165, 1.54) is 33.9 Å². The summed E-state index contributed by atoms with van der Waals surface area (Å²) in [5.41, 5.74) is 7.18. The molecule has 1 unspecified atom stereocenters. The van der Waals surface area contributed by atoms with E-state index in [-0.39, 0.29) is 6.29 Å². The van der Waals surface area contributed by atoms with Gasteiger partial charge in [-0.2, -0.15) is 0 Å². The van der Waals surface area contributed by atoms with E-state index in [9.17, 15) is 4.79 Å². The van der Waals surface area contributed by atoms with Gasteiger partial charge in [-0.3, -0.25) is 19.9 Å². The van der Waals surface area contributed by atoms with Gasteiger partial charge in [0.05, 0.1) is 5.57 Å². The molecular formula is C23H23N5O2. The van der Waals surface area contributed by atoms with Crippen LogP contribution in [-0.4, -0.2) is 39.6 Å². The predicted octanol–water partition coefficient (Wildman–Crippen LogP) is 2.39. The molecule has 2 aliphatic heterocycles. The number of nitrogens with zero attached hydrogens (tertiary/aromatic N) is 3. The zero-order chi connectivity index (χ0) is 20.5. The number of rotatable bonds is 4. The number of aliphatic imine (C=N–C) groups is 1. The zero-order valence-corrected chi connectivity index (χ0v) is 16.5. The first-order valence-electron chi connectivity index (χ1n) is 10.1. The van der Waals surface area contributed by atoms with Crippen LogP contribution in [0.2, 0.25) is 0 Å². The largest absolute Gasteiger partial charge is 0.357 e. The number of hydrogen-bond acceptors (Lipinski definition) is 5. The third-order valence-electron chi connectivity index (χ3n) is 5.83. The van der Waals surface area contributed by atoms with Crippen LogP contribution < -0.4 is 10.8 Å². The molecule has 3 heterocycles. The number of benzene rings is 2. The zero-order valence-electron chi connectivity index (χ0n) is 16.5. The van der Waals surface area contributed by atoms with Gasteiger partial charge in [0.2, 0.25) is 0 Å². The normalized spacial score (nSPS) is 18.6. The summed E-state index contributed by atoms with van der Waals surface area (Å²) in [5, 5.41) is 13.3. The van der Waals surface area contributed by atoms with Crippen LogP contribution in [-0.2, 0) is 24.3 Å². The number of nitrogens with one attached hydrogen (secondary N) is 2. The van der Waals surface area contributed by atoms with Crippen LogP contribution in [0.15, 0.2) is 71.4 Å². The lowest BCUT2D eigenvalue weighted by molar-refractivity contribution is -0.124. The van der Waals surface area contributed by atoms with E-state index in [4.69, 9.17) is 5.21 Å². The predicted molar refractivity (Wildman–Crippen MR) is 115 cm³/mol. The second kappa shape index (κ2) is 7.78.